The highest BCUT2D eigenvalue weighted by atomic mass is 32.1. The van der Waals surface area contributed by atoms with Gasteiger partial charge in [0.25, 0.3) is 0 Å². The molecule has 1 unspecified atom stereocenters. The number of rotatable bonds is 2. The number of benzene rings is 1. The van der Waals surface area contributed by atoms with Gasteiger partial charge in [0.1, 0.15) is 5.54 Å². The monoisotopic (exact) mass is 181 g/mol. The zero-order valence-electron chi connectivity index (χ0n) is 6.82. The highest BCUT2D eigenvalue weighted by Crippen LogP contribution is 2.19. The maximum absolute atomic E-state index is 11.0. The lowest BCUT2D eigenvalue weighted by Gasteiger charge is -2.20. The van der Waals surface area contributed by atoms with Crippen LogP contribution in [0, 0.1) is 0 Å². The van der Waals surface area contributed by atoms with Crippen LogP contribution in [-0.4, -0.2) is 5.12 Å². The summed E-state index contributed by atoms with van der Waals surface area (Å²) in [5, 5.41) is -0.325. The van der Waals surface area contributed by atoms with Gasteiger partial charge in [0.15, 0.2) is 0 Å². The third kappa shape index (κ3) is 1.68. The summed E-state index contributed by atoms with van der Waals surface area (Å²) in [5.41, 5.74) is 5.56. The summed E-state index contributed by atoms with van der Waals surface area (Å²) in [6.45, 7) is 1.65. The van der Waals surface area contributed by atoms with Crippen LogP contribution in [0.4, 0.5) is 0 Å². The fourth-order valence-corrected chi connectivity index (χ4v) is 1.04. The molecule has 0 aliphatic heterocycles. The first kappa shape index (κ1) is 9.29. The average Bonchev–Trinajstić information content (AvgIpc) is 2.06. The summed E-state index contributed by atoms with van der Waals surface area (Å²) in [6.07, 6.45) is 0. The largest absolute Gasteiger partial charge is 0.315 e. The van der Waals surface area contributed by atoms with E-state index in [4.69, 9.17) is 5.73 Å². The molecule has 0 saturated carbocycles. The number of hydrogen-bond acceptors (Lipinski definition) is 2. The van der Waals surface area contributed by atoms with E-state index in [-0.39, 0.29) is 5.12 Å². The topological polar surface area (TPSA) is 43.1 Å². The van der Waals surface area contributed by atoms with Gasteiger partial charge in [-0.1, -0.05) is 30.3 Å². The van der Waals surface area contributed by atoms with Crippen LogP contribution in [0.1, 0.15) is 12.5 Å². The standard InChI is InChI=1S/C9H11NOS/c1-9(10,8(11)12)7-5-3-2-4-6-7/h2-6H,10H2,1H3,(H,11,12). The number of thiol groups is 1. The van der Waals surface area contributed by atoms with Gasteiger partial charge in [0, 0.05) is 0 Å². The van der Waals surface area contributed by atoms with Gasteiger partial charge in [-0.2, -0.15) is 0 Å². The number of hydrogen-bond donors (Lipinski definition) is 2. The van der Waals surface area contributed by atoms with Crippen molar-refractivity contribution in [2.75, 3.05) is 0 Å². The highest BCUT2D eigenvalue weighted by molar-refractivity contribution is 7.96. The predicted octanol–water partition coefficient (Wildman–Crippen LogP) is 1.32. The van der Waals surface area contributed by atoms with Crippen molar-refractivity contribution in [3.8, 4) is 0 Å². The molecule has 0 aromatic heterocycles. The molecule has 0 fully saturated rings. The number of carbonyl (C=O) groups is 1. The van der Waals surface area contributed by atoms with Crippen LogP contribution >= 0.6 is 12.6 Å². The Balaban J connectivity index is 3.06. The van der Waals surface area contributed by atoms with E-state index in [1.165, 1.54) is 0 Å². The third-order valence-electron chi connectivity index (χ3n) is 1.82. The predicted molar refractivity (Wildman–Crippen MR) is 52.0 cm³/mol. The van der Waals surface area contributed by atoms with Gasteiger partial charge >= 0.3 is 0 Å². The summed E-state index contributed by atoms with van der Waals surface area (Å²) in [4.78, 5) is 11.0. The van der Waals surface area contributed by atoms with Gasteiger partial charge in [-0.05, 0) is 12.5 Å². The Bertz CT molecular complexity index is 282. The molecule has 64 valence electrons. The summed E-state index contributed by atoms with van der Waals surface area (Å²) in [7, 11) is 0. The zero-order chi connectivity index (χ0) is 9.19. The molecule has 2 nitrogen and oxygen atoms in total. The molecule has 2 N–H and O–H groups in total. The van der Waals surface area contributed by atoms with E-state index in [0.717, 1.165) is 5.56 Å². The molecule has 0 aliphatic rings. The van der Waals surface area contributed by atoms with Crippen LogP contribution < -0.4 is 5.73 Å². The molecule has 1 rings (SSSR count). The fourth-order valence-electron chi connectivity index (χ4n) is 0.908. The molecule has 0 heterocycles. The molecule has 0 radical (unpaired) electrons. The minimum atomic E-state index is -0.982. The maximum Gasteiger partial charge on any atom is 0.209 e. The van der Waals surface area contributed by atoms with Gasteiger partial charge in [-0.15, -0.1) is 12.6 Å². The van der Waals surface area contributed by atoms with Crippen LogP contribution in [0.15, 0.2) is 30.3 Å². The molecule has 0 amide bonds. The fraction of sp³-hybridized carbons (Fsp3) is 0.222. The van der Waals surface area contributed by atoms with Crippen LogP contribution in [0.2, 0.25) is 0 Å². The van der Waals surface area contributed by atoms with E-state index in [1.54, 1.807) is 6.92 Å². The van der Waals surface area contributed by atoms with Gasteiger partial charge in [0.05, 0.1) is 0 Å². The van der Waals surface area contributed by atoms with Gasteiger partial charge in [-0.25, -0.2) is 0 Å². The first-order valence-electron chi connectivity index (χ1n) is 3.63. The lowest BCUT2D eigenvalue weighted by atomic mass is 9.95. The summed E-state index contributed by atoms with van der Waals surface area (Å²) in [6, 6.07) is 9.19. The van der Waals surface area contributed by atoms with E-state index in [2.05, 4.69) is 12.6 Å². The van der Waals surface area contributed by atoms with Crippen molar-refractivity contribution in [2.45, 2.75) is 12.5 Å². The van der Waals surface area contributed by atoms with E-state index in [9.17, 15) is 4.79 Å². The zero-order valence-corrected chi connectivity index (χ0v) is 7.71. The van der Waals surface area contributed by atoms with Crippen LogP contribution in [-0.2, 0) is 10.3 Å². The van der Waals surface area contributed by atoms with Crippen LogP contribution in [0.25, 0.3) is 0 Å². The smallest absolute Gasteiger partial charge is 0.209 e. The normalized spacial score (nSPS) is 15.2. The molecule has 0 spiro atoms. The second kappa shape index (κ2) is 3.29. The maximum atomic E-state index is 11.0. The van der Waals surface area contributed by atoms with Gasteiger partial charge in [-0.3, -0.25) is 4.79 Å². The molecule has 0 aliphatic carbocycles. The summed E-state index contributed by atoms with van der Waals surface area (Å²) >= 11 is 3.73. The molecule has 0 bridgehead atoms. The summed E-state index contributed by atoms with van der Waals surface area (Å²) in [5.74, 6) is 0. The van der Waals surface area contributed by atoms with Crippen LogP contribution in [0.3, 0.4) is 0 Å². The summed E-state index contributed by atoms with van der Waals surface area (Å²) < 4.78 is 0. The van der Waals surface area contributed by atoms with Crippen molar-refractivity contribution < 1.29 is 4.79 Å². The molecule has 1 aromatic carbocycles. The van der Waals surface area contributed by atoms with E-state index >= 15 is 0 Å². The lowest BCUT2D eigenvalue weighted by molar-refractivity contribution is -0.115. The van der Waals surface area contributed by atoms with E-state index in [1.807, 2.05) is 30.3 Å². The molecular weight excluding hydrogens is 170 g/mol. The third-order valence-corrected chi connectivity index (χ3v) is 2.28. The molecule has 1 atom stereocenters. The van der Waals surface area contributed by atoms with Crippen molar-refractivity contribution in [2.24, 2.45) is 5.73 Å². The van der Waals surface area contributed by atoms with Crippen molar-refractivity contribution >= 4 is 17.7 Å². The minimum Gasteiger partial charge on any atom is -0.315 e. The van der Waals surface area contributed by atoms with Gasteiger partial charge < -0.3 is 5.73 Å². The molecule has 1 aromatic rings. The second-order valence-electron chi connectivity index (χ2n) is 2.87. The average molecular weight is 181 g/mol. The Labute approximate surface area is 77.2 Å². The van der Waals surface area contributed by atoms with Crippen LogP contribution in [0.5, 0.6) is 0 Å². The van der Waals surface area contributed by atoms with Crippen molar-refractivity contribution in [3.63, 3.8) is 0 Å². The van der Waals surface area contributed by atoms with Gasteiger partial charge in [0.2, 0.25) is 5.12 Å². The van der Waals surface area contributed by atoms with E-state index in [0.29, 0.717) is 0 Å². The number of nitrogens with two attached hydrogens (primary N) is 1. The Morgan fingerprint density at radius 1 is 1.42 bits per heavy atom. The number of carbonyl (C=O) groups excluding carboxylic acids is 1. The minimum absolute atomic E-state index is 0.325. The first-order chi connectivity index (χ1) is 5.55. The van der Waals surface area contributed by atoms with Crippen molar-refractivity contribution in [1.29, 1.82) is 0 Å². The van der Waals surface area contributed by atoms with Crippen molar-refractivity contribution in [3.05, 3.63) is 35.9 Å². The Morgan fingerprint density at radius 2 is 1.92 bits per heavy atom. The molecule has 0 saturated heterocycles. The Hall–Kier alpha value is -0.800. The molecule has 3 heteroatoms. The Morgan fingerprint density at radius 3 is 2.33 bits per heavy atom. The molecule has 12 heavy (non-hydrogen) atoms. The highest BCUT2D eigenvalue weighted by Gasteiger charge is 2.26. The Kier molecular flexibility index (Phi) is 2.55. The quantitative estimate of drug-likeness (QED) is 0.676. The van der Waals surface area contributed by atoms with Crippen molar-refractivity contribution in [1.82, 2.24) is 0 Å². The second-order valence-corrected chi connectivity index (χ2v) is 3.28. The SMILES string of the molecule is CC(N)(C(=O)S)c1ccccc1. The van der Waals surface area contributed by atoms with E-state index < -0.39 is 5.54 Å². The molecular formula is C9H11NOS. The first-order valence-corrected chi connectivity index (χ1v) is 4.07. The lowest BCUT2D eigenvalue weighted by Crippen LogP contribution is -2.39.